The van der Waals surface area contributed by atoms with Gasteiger partial charge in [-0.2, -0.15) is 0 Å². The first-order valence-corrected chi connectivity index (χ1v) is 14.5. The van der Waals surface area contributed by atoms with Crippen LogP contribution in [0.3, 0.4) is 0 Å². The number of allylic oxidation sites excluding steroid dienone is 6. The summed E-state index contributed by atoms with van der Waals surface area (Å²) in [5.74, 6) is 0.374. The minimum absolute atomic E-state index is 0.374. The second-order valence-electron chi connectivity index (χ2n) is 9.29. The smallest absolute Gasteiger partial charge is 0.0836 e. The highest BCUT2D eigenvalue weighted by molar-refractivity contribution is 6.89. The summed E-state index contributed by atoms with van der Waals surface area (Å²) >= 11 is 0. The van der Waals surface area contributed by atoms with Crippen molar-refractivity contribution < 1.29 is 0 Å². The van der Waals surface area contributed by atoms with Gasteiger partial charge in [-0.15, -0.1) is 0 Å². The normalized spacial score (nSPS) is 22.5. The molecule has 1 heteroatoms. The van der Waals surface area contributed by atoms with E-state index in [0.717, 1.165) is 12.8 Å². The van der Waals surface area contributed by atoms with E-state index in [-0.39, 0.29) is 0 Å². The number of hydrogen-bond acceptors (Lipinski definition) is 0. The van der Waals surface area contributed by atoms with E-state index in [1.807, 2.05) is 0 Å². The van der Waals surface area contributed by atoms with Crippen LogP contribution in [-0.4, -0.2) is 8.07 Å². The lowest BCUT2D eigenvalue weighted by Gasteiger charge is -2.33. The number of rotatable bonds is 4. The predicted molar refractivity (Wildman–Crippen MR) is 136 cm³/mol. The highest BCUT2D eigenvalue weighted by atomic mass is 28.3. The molecule has 0 spiro atoms. The summed E-state index contributed by atoms with van der Waals surface area (Å²) in [5.41, 5.74) is 7.84. The Bertz CT molecular complexity index is 1130. The first-order chi connectivity index (χ1) is 15.2. The van der Waals surface area contributed by atoms with Gasteiger partial charge >= 0.3 is 0 Å². The summed E-state index contributed by atoms with van der Waals surface area (Å²) < 4.78 is 0. The highest BCUT2D eigenvalue weighted by Crippen LogP contribution is 2.58. The van der Waals surface area contributed by atoms with E-state index in [0.29, 0.717) is 11.5 Å². The summed E-state index contributed by atoms with van der Waals surface area (Å²) in [7, 11) is -1.86. The lowest BCUT2D eigenvalue weighted by molar-refractivity contribution is 0.811. The summed E-state index contributed by atoms with van der Waals surface area (Å²) in [6, 6.07) is 33.6. The van der Waals surface area contributed by atoms with Crippen molar-refractivity contribution in [2.45, 2.75) is 37.4 Å². The SMILES string of the molecule is C[Si]1(C)C(C2=CCCC=C2)=C(c2ccccc2)C(c2ccccc2)C1c1ccccc1. The van der Waals surface area contributed by atoms with Crippen LogP contribution in [0.2, 0.25) is 13.1 Å². The highest BCUT2D eigenvalue weighted by Gasteiger charge is 2.51. The Balaban J connectivity index is 1.82. The molecule has 0 N–H and O–H groups in total. The van der Waals surface area contributed by atoms with Crippen molar-refractivity contribution in [2.24, 2.45) is 0 Å². The van der Waals surface area contributed by atoms with Crippen molar-refractivity contribution in [3.8, 4) is 0 Å². The minimum Gasteiger partial charge on any atom is -0.0836 e. The Morgan fingerprint density at radius 1 is 0.677 bits per heavy atom. The molecule has 0 bridgehead atoms. The summed E-state index contributed by atoms with van der Waals surface area (Å²) in [6.07, 6.45) is 9.55. The molecule has 2 atom stereocenters. The quantitative estimate of drug-likeness (QED) is 0.376. The van der Waals surface area contributed by atoms with Gasteiger partial charge in [0.15, 0.2) is 0 Å². The van der Waals surface area contributed by atoms with Gasteiger partial charge in [-0.3, -0.25) is 0 Å². The average Bonchev–Trinajstić information content (AvgIpc) is 3.08. The molecule has 2 aliphatic rings. The molecule has 1 aliphatic heterocycles. The maximum atomic E-state index is 2.59. The summed E-state index contributed by atoms with van der Waals surface area (Å²) in [4.78, 5) is 0. The molecule has 1 aliphatic carbocycles. The Kier molecular flexibility index (Phi) is 5.37. The van der Waals surface area contributed by atoms with E-state index in [1.54, 1.807) is 10.8 Å². The monoisotopic (exact) mass is 418 g/mol. The van der Waals surface area contributed by atoms with Gasteiger partial charge in [-0.25, -0.2) is 0 Å². The second-order valence-corrected chi connectivity index (χ2v) is 13.9. The van der Waals surface area contributed by atoms with Gasteiger partial charge in [-0.1, -0.05) is 122 Å². The lowest BCUT2D eigenvalue weighted by atomic mass is 9.81. The Morgan fingerprint density at radius 2 is 1.26 bits per heavy atom. The van der Waals surface area contributed by atoms with Crippen molar-refractivity contribution in [3.63, 3.8) is 0 Å². The minimum atomic E-state index is -1.86. The van der Waals surface area contributed by atoms with Crippen LogP contribution in [0, 0.1) is 0 Å². The Hall–Kier alpha value is -2.90. The molecule has 3 aromatic rings. The van der Waals surface area contributed by atoms with Crippen molar-refractivity contribution in [1.29, 1.82) is 0 Å². The fraction of sp³-hybridized carbons (Fsp3) is 0.200. The van der Waals surface area contributed by atoms with Gasteiger partial charge < -0.3 is 0 Å². The maximum Gasteiger partial charge on any atom is 0.0901 e. The van der Waals surface area contributed by atoms with Gasteiger partial charge in [0.05, 0.1) is 8.07 Å². The third kappa shape index (κ3) is 3.57. The zero-order chi connectivity index (χ0) is 21.3. The van der Waals surface area contributed by atoms with E-state index >= 15 is 0 Å². The lowest BCUT2D eigenvalue weighted by Crippen LogP contribution is -2.36. The van der Waals surface area contributed by atoms with Gasteiger partial charge in [0.1, 0.15) is 0 Å². The maximum absolute atomic E-state index is 2.59. The van der Waals surface area contributed by atoms with E-state index in [1.165, 1.54) is 22.3 Å². The third-order valence-corrected chi connectivity index (χ3v) is 11.1. The first kappa shape index (κ1) is 20.0. The molecule has 0 fully saturated rings. The molecule has 0 amide bonds. The van der Waals surface area contributed by atoms with Gasteiger partial charge in [-0.05, 0) is 51.4 Å². The number of benzene rings is 3. The number of hydrogen-bond donors (Lipinski definition) is 0. The Labute approximate surface area is 187 Å². The molecule has 0 radical (unpaired) electrons. The zero-order valence-electron chi connectivity index (χ0n) is 18.5. The van der Waals surface area contributed by atoms with Crippen molar-refractivity contribution in [2.75, 3.05) is 0 Å². The van der Waals surface area contributed by atoms with E-state index in [2.05, 4.69) is 122 Å². The molecule has 2 unspecified atom stereocenters. The second kappa shape index (κ2) is 8.32. The topological polar surface area (TPSA) is 0 Å². The molecule has 1 heterocycles. The molecular formula is C30H30Si. The standard InChI is InChI=1S/C30H30Si/c1-31(2)29(25-19-11-5-12-20-25)27(23-15-7-3-8-16-23)28(24-17-9-4-10-18-24)30(31)26-21-13-6-14-22-26/h3-5,7-13,15-22,27,29H,6,14H2,1-2H3. The molecule has 3 aromatic carbocycles. The van der Waals surface area contributed by atoms with Crippen LogP contribution < -0.4 is 0 Å². The van der Waals surface area contributed by atoms with Gasteiger partial charge in [0, 0.05) is 5.92 Å². The first-order valence-electron chi connectivity index (χ1n) is 11.4. The molecule has 0 saturated heterocycles. The Morgan fingerprint density at radius 3 is 1.84 bits per heavy atom. The van der Waals surface area contributed by atoms with Gasteiger partial charge in [0.2, 0.25) is 0 Å². The predicted octanol–water partition coefficient (Wildman–Crippen LogP) is 8.08. The van der Waals surface area contributed by atoms with E-state index in [9.17, 15) is 0 Å². The zero-order valence-corrected chi connectivity index (χ0v) is 19.5. The van der Waals surface area contributed by atoms with Gasteiger partial charge in [0.25, 0.3) is 0 Å². The van der Waals surface area contributed by atoms with Crippen LogP contribution in [-0.2, 0) is 0 Å². The molecule has 0 saturated carbocycles. The fourth-order valence-electron chi connectivity index (χ4n) is 5.80. The molecule has 0 aromatic heterocycles. The molecule has 154 valence electrons. The fourth-order valence-corrected chi connectivity index (χ4v) is 10.3. The third-order valence-electron chi connectivity index (χ3n) is 7.02. The van der Waals surface area contributed by atoms with Crippen LogP contribution in [0.25, 0.3) is 5.57 Å². The van der Waals surface area contributed by atoms with Crippen LogP contribution >= 0.6 is 0 Å². The molecule has 31 heavy (non-hydrogen) atoms. The van der Waals surface area contributed by atoms with Crippen LogP contribution in [0.15, 0.2) is 120 Å². The average molecular weight is 419 g/mol. The van der Waals surface area contributed by atoms with Crippen LogP contribution in [0.1, 0.15) is 41.0 Å². The van der Waals surface area contributed by atoms with Crippen molar-refractivity contribution >= 4 is 13.6 Å². The largest absolute Gasteiger partial charge is 0.0901 e. The molecular weight excluding hydrogens is 388 g/mol. The van der Waals surface area contributed by atoms with Crippen molar-refractivity contribution in [1.82, 2.24) is 0 Å². The van der Waals surface area contributed by atoms with Crippen LogP contribution in [0.5, 0.6) is 0 Å². The van der Waals surface area contributed by atoms with Crippen molar-refractivity contribution in [3.05, 3.63) is 137 Å². The molecule has 5 rings (SSSR count). The van der Waals surface area contributed by atoms with E-state index in [4.69, 9.17) is 0 Å². The summed E-state index contributed by atoms with van der Waals surface area (Å²) in [6.45, 7) is 5.18. The van der Waals surface area contributed by atoms with E-state index < -0.39 is 8.07 Å². The summed E-state index contributed by atoms with van der Waals surface area (Å²) in [5, 5.41) is 1.65. The van der Waals surface area contributed by atoms with Crippen LogP contribution in [0.4, 0.5) is 0 Å². The molecule has 0 nitrogen and oxygen atoms in total.